The third kappa shape index (κ3) is 2.27. The van der Waals surface area contributed by atoms with E-state index in [1.165, 1.54) is 4.90 Å². The van der Waals surface area contributed by atoms with Gasteiger partial charge in [0.25, 0.3) is 0 Å². The summed E-state index contributed by atoms with van der Waals surface area (Å²) >= 11 is 0. The summed E-state index contributed by atoms with van der Waals surface area (Å²) in [5, 5.41) is 4.87. The maximum Gasteiger partial charge on any atom is 0.247 e. The second kappa shape index (κ2) is 6.09. The number of likely N-dealkylation sites (tertiary alicyclic amines) is 1. The molecule has 3 amide bonds. The lowest BCUT2D eigenvalue weighted by Crippen LogP contribution is -2.46. The maximum atomic E-state index is 13.3. The topological polar surface area (TPSA) is 79.6 Å². The molecule has 160 valence electrons. The number of furan rings is 1. The van der Waals surface area contributed by atoms with Crippen LogP contribution in [0.3, 0.4) is 0 Å². The Hall–Kier alpha value is -3.41. The maximum absolute atomic E-state index is 13.3. The minimum atomic E-state index is -0.859. The van der Waals surface area contributed by atoms with E-state index in [-0.39, 0.29) is 41.4 Å². The molecule has 1 aliphatic heterocycles. The standard InChI is InChI=1S/C26H22N2O4/c1-12(28-25(30)22-16-8-9-17(19-11-18(16)19)23(22)26(28)31)24(29)27-13-6-7-15-14-4-2-3-5-20(14)32-21(15)10-13/h2-10,12,16-19,22-23H,11H2,1H3,(H,27,29). The Kier molecular flexibility index (Phi) is 3.46. The first-order valence-electron chi connectivity index (χ1n) is 11.3. The largest absolute Gasteiger partial charge is 0.456 e. The Morgan fingerprint density at radius 2 is 1.62 bits per heavy atom. The lowest BCUT2D eigenvalue weighted by atomic mass is 9.63. The lowest BCUT2D eigenvalue weighted by Gasteiger charge is -2.37. The molecular formula is C26H22N2O4. The highest BCUT2D eigenvalue weighted by Crippen LogP contribution is 2.65. The number of hydrogen-bond donors (Lipinski definition) is 1. The van der Waals surface area contributed by atoms with Gasteiger partial charge in [-0.15, -0.1) is 0 Å². The molecule has 1 aromatic heterocycles. The molecule has 1 N–H and O–H groups in total. The highest BCUT2D eigenvalue weighted by atomic mass is 16.3. The Balaban J connectivity index is 1.15. The van der Waals surface area contributed by atoms with Gasteiger partial charge >= 0.3 is 0 Å². The van der Waals surface area contributed by atoms with Crippen molar-refractivity contribution >= 4 is 45.3 Å². The fraction of sp³-hybridized carbons (Fsp3) is 0.346. The van der Waals surface area contributed by atoms with Gasteiger partial charge in [0, 0.05) is 22.5 Å². The van der Waals surface area contributed by atoms with Crippen LogP contribution in [0.1, 0.15) is 13.3 Å². The van der Waals surface area contributed by atoms with E-state index in [0.717, 1.165) is 22.8 Å². The van der Waals surface area contributed by atoms with Crippen molar-refractivity contribution < 1.29 is 18.8 Å². The molecule has 5 aliphatic rings. The third-order valence-electron chi connectivity index (χ3n) is 8.11. The summed E-state index contributed by atoms with van der Waals surface area (Å²) in [5.41, 5.74) is 2.04. The molecule has 8 rings (SSSR count). The molecule has 2 heterocycles. The van der Waals surface area contributed by atoms with E-state index in [9.17, 15) is 14.4 Å². The zero-order chi connectivity index (χ0) is 21.7. The number of allylic oxidation sites excluding steroid dienone is 2. The van der Waals surface area contributed by atoms with Crippen LogP contribution in [0.2, 0.25) is 0 Å². The molecule has 6 nitrogen and oxygen atoms in total. The van der Waals surface area contributed by atoms with E-state index in [2.05, 4.69) is 17.5 Å². The molecule has 1 saturated heterocycles. The fourth-order valence-corrected chi connectivity index (χ4v) is 6.53. The number of rotatable bonds is 3. The Morgan fingerprint density at radius 3 is 2.34 bits per heavy atom. The number of nitrogens with one attached hydrogen (secondary N) is 1. The first kappa shape index (κ1) is 18.2. The van der Waals surface area contributed by atoms with Crippen LogP contribution in [0, 0.1) is 35.5 Å². The van der Waals surface area contributed by atoms with Crippen LogP contribution in [0.5, 0.6) is 0 Å². The zero-order valence-electron chi connectivity index (χ0n) is 17.5. The molecule has 0 radical (unpaired) electrons. The van der Waals surface area contributed by atoms with Crippen molar-refractivity contribution in [3.63, 3.8) is 0 Å². The van der Waals surface area contributed by atoms with Crippen LogP contribution in [0.15, 0.2) is 59.0 Å². The summed E-state index contributed by atoms with van der Waals surface area (Å²) in [5.74, 6) is 0.0906. The molecule has 2 bridgehead atoms. The van der Waals surface area contributed by atoms with E-state index in [4.69, 9.17) is 4.42 Å². The van der Waals surface area contributed by atoms with Crippen molar-refractivity contribution in [1.82, 2.24) is 4.90 Å². The average molecular weight is 426 g/mol. The number of fused-ring (bicyclic) bond motifs is 3. The smallest absolute Gasteiger partial charge is 0.247 e. The van der Waals surface area contributed by atoms with Crippen LogP contribution in [0.25, 0.3) is 21.9 Å². The molecule has 3 aromatic rings. The van der Waals surface area contributed by atoms with Crippen molar-refractivity contribution in [3.8, 4) is 0 Å². The number of anilines is 1. The molecule has 4 aliphatic carbocycles. The number of amides is 3. The predicted molar refractivity (Wildman–Crippen MR) is 118 cm³/mol. The van der Waals surface area contributed by atoms with Crippen LogP contribution >= 0.6 is 0 Å². The van der Waals surface area contributed by atoms with Gasteiger partial charge in [-0.05, 0) is 55.2 Å². The summed E-state index contributed by atoms with van der Waals surface area (Å²) in [6, 6.07) is 12.4. The van der Waals surface area contributed by atoms with Crippen molar-refractivity contribution in [2.24, 2.45) is 35.5 Å². The number of hydrogen-bond acceptors (Lipinski definition) is 4. The van der Waals surface area contributed by atoms with E-state index in [1.807, 2.05) is 36.4 Å². The summed E-state index contributed by atoms with van der Waals surface area (Å²) in [6.45, 7) is 1.64. The summed E-state index contributed by atoms with van der Waals surface area (Å²) < 4.78 is 5.90. The second-order valence-electron chi connectivity index (χ2n) is 9.68. The second-order valence-corrected chi connectivity index (χ2v) is 9.68. The lowest BCUT2D eigenvalue weighted by molar-refractivity contribution is -0.146. The van der Waals surface area contributed by atoms with Gasteiger partial charge in [0.05, 0.1) is 11.8 Å². The number of imide groups is 1. The van der Waals surface area contributed by atoms with E-state index >= 15 is 0 Å². The van der Waals surface area contributed by atoms with Gasteiger partial charge in [-0.1, -0.05) is 30.4 Å². The number of carbonyl (C=O) groups is 3. The normalized spacial score (nSPS) is 33.0. The van der Waals surface area contributed by atoms with Crippen LogP contribution in [-0.4, -0.2) is 28.7 Å². The molecule has 7 atom stereocenters. The SMILES string of the molecule is CC(C(=O)Nc1ccc2c(c1)oc1ccccc12)N1C(=O)C2C3C=CC(C4CC34)C2C1=O. The summed E-state index contributed by atoms with van der Waals surface area (Å²) in [6.07, 6.45) is 5.40. The zero-order valence-corrected chi connectivity index (χ0v) is 17.5. The van der Waals surface area contributed by atoms with Crippen LogP contribution in [-0.2, 0) is 14.4 Å². The van der Waals surface area contributed by atoms with Crippen LogP contribution < -0.4 is 5.32 Å². The summed E-state index contributed by atoms with van der Waals surface area (Å²) in [7, 11) is 0. The number of benzene rings is 2. The monoisotopic (exact) mass is 426 g/mol. The highest BCUT2D eigenvalue weighted by molar-refractivity contribution is 6.11. The van der Waals surface area contributed by atoms with E-state index < -0.39 is 6.04 Å². The van der Waals surface area contributed by atoms with Crippen molar-refractivity contribution in [2.45, 2.75) is 19.4 Å². The predicted octanol–water partition coefficient (Wildman–Crippen LogP) is 3.97. The molecule has 3 fully saturated rings. The first-order valence-corrected chi connectivity index (χ1v) is 11.3. The minimum Gasteiger partial charge on any atom is -0.456 e. The van der Waals surface area contributed by atoms with Crippen LogP contribution in [0.4, 0.5) is 5.69 Å². The van der Waals surface area contributed by atoms with Gasteiger partial charge in [0.1, 0.15) is 17.2 Å². The highest BCUT2D eigenvalue weighted by Gasteiger charge is 2.67. The third-order valence-corrected chi connectivity index (χ3v) is 8.11. The Morgan fingerprint density at radius 1 is 0.969 bits per heavy atom. The average Bonchev–Trinajstić information content (AvgIpc) is 3.49. The van der Waals surface area contributed by atoms with E-state index in [0.29, 0.717) is 23.1 Å². The molecule has 6 heteroatoms. The van der Waals surface area contributed by atoms with Crippen molar-refractivity contribution in [3.05, 3.63) is 54.6 Å². The molecule has 2 aromatic carbocycles. The molecular weight excluding hydrogens is 404 g/mol. The molecule has 7 unspecified atom stereocenters. The summed E-state index contributed by atoms with van der Waals surface area (Å²) in [4.78, 5) is 40.8. The quantitative estimate of drug-likeness (QED) is 0.508. The van der Waals surface area contributed by atoms with Gasteiger partial charge < -0.3 is 9.73 Å². The molecule has 0 spiro atoms. The van der Waals surface area contributed by atoms with Gasteiger partial charge in [-0.25, -0.2) is 0 Å². The number of para-hydroxylation sites is 1. The van der Waals surface area contributed by atoms with Gasteiger partial charge in [0.2, 0.25) is 17.7 Å². The van der Waals surface area contributed by atoms with E-state index in [1.54, 1.807) is 13.0 Å². The van der Waals surface area contributed by atoms with Crippen molar-refractivity contribution in [2.75, 3.05) is 5.32 Å². The Labute approximate surface area is 184 Å². The van der Waals surface area contributed by atoms with Gasteiger partial charge in [0.15, 0.2) is 0 Å². The number of carbonyl (C=O) groups excluding carboxylic acids is 3. The fourth-order valence-electron chi connectivity index (χ4n) is 6.53. The van der Waals surface area contributed by atoms with Gasteiger partial charge in [-0.2, -0.15) is 0 Å². The first-order chi connectivity index (χ1) is 15.5. The minimum absolute atomic E-state index is 0.155. The van der Waals surface area contributed by atoms with Crippen molar-refractivity contribution in [1.29, 1.82) is 0 Å². The molecule has 2 saturated carbocycles. The Bertz CT molecular complexity index is 1330. The number of nitrogens with zero attached hydrogens (tertiary/aromatic N) is 1. The molecule has 32 heavy (non-hydrogen) atoms. The van der Waals surface area contributed by atoms with Gasteiger partial charge in [-0.3, -0.25) is 19.3 Å².